The second-order valence-corrected chi connectivity index (χ2v) is 6.64. The first-order chi connectivity index (χ1) is 13.7. The average Bonchev–Trinajstić information content (AvgIpc) is 2.74. The van der Waals surface area contributed by atoms with Crippen molar-refractivity contribution >= 4 is 23.2 Å². The number of ether oxygens (including phenoxy) is 3. The predicted octanol–water partition coefficient (Wildman–Crippen LogP) is 4.94. The number of rotatable bonds is 5. The summed E-state index contributed by atoms with van der Waals surface area (Å²) in [7, 11) is 0. The van der Waals surface area contributed by atoms with Crippen LogP contribution in [0.5, 0.6) is 17.2 Å². The van der Waals surface area contributed by atoms with Gasteiger partial charge in [-0.2, -0.15) is 0 Å². The molecular formula is C22H18ClNO4. The third-order valence-electron chi connectivity index (χ3n) is 4.24. The lowest BCUT2D eigenvalue weighted by atomic mass is 10.2. The number of anilines is 1. The van der Waals surface area contributed by atoms with E-state index in [1.165, 1.54) is 0 Å². The van der Waals surface area contributed by atoms with Crippen molar-refractivity contribution in [2.75, 3.05) is 18.5 Å². The van der Waals surface area contributed by atoms with E-state index >= 15 is 0 Å². The fourth-order valence-corrected chi connectivity index (χ4v) is 3.00. The molecule has 0 bridgehead atoms. The zero-order chi connectivity index (χ0) is 19.3. The number of benzene rings is 3. The molecule has 142 valence electrons. The van der Waals surface area contributed by atoms with Crippen molar-refractivity contribution in [3.8, 4) is 17.2 Å². The van der Waals surface area contributed by atoms with Crippen LogP contribution in [0.25, 0.3) is 0 Å². The smallest absolute Gasteiger partial charge is 0.255 e. The van der Waals surface area contributed by atoms with Crippen molar-refractivity contribution in [2.24, 2.45) is 0 Å². The highest BCUT2D eigenvalue weighted by Gasteiger charge is 2.17. The molecule has 0 radical (unpaired) electrons. The number of carbonyl (C=O) groups is 1. The van der Waals surface area contributed by atoms with Crippen LogP contribution in [-0.4, -0.2) is 19.1 Å². The highest BCUT2D eigenvalue weighted by Crippen LogP contribution is 2.38. The van der Waals surface area contributed by atoms with Gasteiger partial charge in [0, 0.05) is 17.7 Å². The summed E-state index contributed by atoms with van der Waals surface area (Å²) in [6.45, 7) is 1.42. The van der Waals surface area contributed by atoms with Gasteiger partial charge in [-0.25, -0.2) is 0 Å². The lowest BCUT2D eigenvalue weighted by Gasteiger charge is -2.20. The summed E-state index contributed by atoms with van der Waals surface area (Å²) in [5.41, 5.74) is 2.05. The maximum absolute atomic E-state index is 12.5. The number of hydrogen-bond donors (Lipinski definition) is 1. The van der Waals surface area contributed by atoms with Gasteiger partial charge in [0.2, 0.25) is 0 Å². The van der Waals surface area contributed by atoms with Gasteiger partial charge in [0.25, 0.3) is 5.91 Å². The third kappa shape index (κ3) is 4.21. The molecule has 1 amide bonds. The topological polar surface area (TPSA) is 56.8 Å². The summed E-state index contributed by atoms with van der Waals surface area (Å²) in [6, 6.07) is 20.2. The second kappa shape index (κ2) is 8.23. The van der Waals surface area contributed by atoms with Crippen LogP contribution in [0, 0.1) is 0 Å². The molecular weight excluding hydrogens is 378 g/mol. The number of nitrogens with one attached hydrogen (secondary N) is 1. The van der Waals surface area contributed by atoms with Crippen LogP contribution in [0.15, 0.2) is 66.7 Å². The number of fused-ring (bicyclic) bond motifs is 1. The Morgan fingerprint density at radius 2 is 1.64 bits per heavy atom. The Morgan fingerprint density at radius 1 is 0.964 bits per heavy atom. The standard InChI is InChI=1S/C22H18ClNO4/c23-18-12-20-21(27-11-10-26-20)13-19(18)24-22(25)16-6-8-17(9-7-16)28-14-15-4-2-1-3-5-15/h1-9,12-13H,10-11,14H2,(H,24,25). The molecule has 0 aliphatic carbocycles. The first kappa shape index (κ1) is 18.2. The number of amides is 1. The zero-order valence-electron chi connectivity index (χ0n) is 15.0. The van der Waals surface area contributed by atoms with Crippen molar-refractivity contribution in [1.82, 2.24) is 0 Å². The predicted molar refractivity (Wildman–Crippen MR) is 108 cm³/mol. The molecule has 28 heavy (non-hydrogen) atoms. The fourth-order valence-electron chi connectivity index (χ4n) is 2.80. The SMILES string of the molecule is O=C(Nc1cc2c(cc1Cl)OCCO2)c1ccc(OCc2ccccc2)cc1. The molecule has 0 atom stereocenters. The van der Waals surface area contributed by atoms with Crippen molar-refractivity contribution in [3.05, 3.63) is 82.9 Å². The van der Waals surface area contributed by atoms with Crippen LogP contribution in [0.3, 0.4) is 0 Å². The van der Waals surface area contributed by atoms with Gasteiger partial charge in [0.1, 0.15) is 25.6 Å². The van der Waals surface area contributed by atoms with Gasteiger partial charge in [-0.1, -0.05) is 41.9 Å². The van der Waals surface area contributed by atoms with Crippen LogP contribution < -0.4 is 19.5 Å². The van der Waals surface area contributed by atoms with Crippen LogP contribution in [0.1, 0.15) is 15.9 Å². The maximum Gasteiger partial charge on any atom is 0.255 e. The van der Waals surface area contributed by atoms with E-state index in [9.17, 15) is 4.79 Å². The third-order valence-corrected chi connectivity index (χ3v) is 4.56. The van der Waals surface area contributed by atoms with Crippen molar-refractivity contribution in [2.45, 2.75) is 6.61 Å². The Kier molecular flexibility index (Phi) is 5.35. The van der Waals surface area contributed by atoms with Crippen molar-refractivity contribution < 1.29 is 19.0 Å². The Balaban J connectivity index is 1.41. The minimum Gasteiger partial charge on any atom is -0.489 e. The van der Waals surface area contributed by atoms with Crippen LogP contribution in [0.2, 0.25) is 5.02 Å². The number of halogens is 1. The summed E-state index contributed by atoms with van der Waals surface area (Å²) in [4.78, 5) is 12.5. The first-order valence-electron chi connectivity index (χ1n) is 8.86. The minimum absolute atomic E-state index is 0.270. The molecule has 1 aliphatic heterocycles. The molecule has 0 unspecified atom stereocenters. The van der Waals surface area contributed by atoms with Gasteiger partial charge in [-0.05, 0) is 29.8 Å². The van der Waals surface area contributed by atoms with E-state index in [1.807, 2.05) is 30.3 Å². The average molecular weight is 396 g/mol. The summed E-state index contributed by atoms with van der Waals surface area (Å²) < 4.78 is 16.8. The maximum atomic E-state index is 12.5. The van der Waals surface area contributed by atoms with E-state index in [0.29, 0.717) is 53.3 Å². The van der Waals surface area contributed by atoms with Crippen LogP contribution in [-0.2, 0) is 6.61 Å². The highest BCUT2D eigenvalue weighted by molar-refractivity contribution is 6.34. The zero-order valence-corrected chi connectivity index (χ0v) is 15.7. The molecule has 0 spiro atoms. The van der Waals surface area contributed by atoms with Crippen LogP contribution in [0.4, 0.5) is 5.69 Å². The molecule has 3 aromatic carbocycles. The molecule has 0 fully saturated rings. The van der Waals surface area contributed by atoms with Gasteiger partial charge in [0.15, 0.2) is 11.5 Å². The molecule has 0 saturated heterocycles. The Morgan fingerprint density at radius 3 is 2.36 bits per heavy atom. The molecule has 3 aromatic rings. The minimum atomic E-state index is -0.270. The van der Waals surface area contributed by atoms with E-state index < -0.39 is 0 Å². The van der Waals surface area contributed by atoms with E-state index in [2.05, 4.69) is 5.32 Å². The fraction of sp³-hybridized carbons (Fsp3) is 0.136. The largest absolute Gasteiger partial charge is 0.489 e. The quantitative estimate of drug-likeness (QED) is 0.664. The normalized spacial score (nSPS) is 12.3. The summed E-state index contributed by atoms with van der Waals surface area (Å²) in [5.74, 6) is 1.57. The first-order valence-corrected chi connectivity index (χ1v) is 9.24. The van der Waals surface area contributed by atoms with E-state index in [0.717, 1.165) is 5.56 Å². The molecule has 6 heteroatoms. The molecule has 1 heterocycles. The van der Waals surface area contributed by atoms with Crippen molar-refractivity contribution in [1.29, 1.82) is 0 Å². The van der Waals surface area contributed by atoms with Gasteiger partial charge in [-0.15, -0.1) is 0 Å². The number of hydrogen-bond acceptors (Lipinski definition) is 4. The van der Waals surface area contributed by atoms with E-state index in [4.69, 9.17) is 25.8 Å². The summed E-state index contributed by atoms with van der Waals surface area (Å²) in [5, 5.41) is 3.20. The van der Waals surface area contributed by atoms with Crippen molar-refractivity contribution in [3.63, 3.8) is 0 Å². The second-order valence-electron chi connectivity index (χ2n) is 6.23. The summed E-state index contributed by atoms with van der Waals surface area (Å²) >= 11 is 6.25. The van der Waals surface area contributed by atoms with Gasteiger partial charge < -0.3 is 19.5 Å². The lowest BCUT2D eigenvalue weighted by Crippen LogP contribution is -2.17. The monoisotopic (exact) mass is 395 g/mol. The van der Waals surface area contributed by atoms with Crippen LogP contribution >= 0.6 is 11.6 Å². The highest BCUT2D eigenvalue weighted by atomic mass is 35.5. The Labute approximate surface area is 167 Å². The van der Waals surface area contributed by atoms with E-state index in [1.54, 1.807) is 36.4 Å². The molecule has 1 N–H and O–H groups in total. The lowest BCUT2D eigenvalue weighted by molar-refractivity contribution is 0.102. The molecule has 0 saturated carbocycles. The van der Waals surface area contributed by atoms with E-state index in [-0.39, 0.29) is 5.91 Å². The Bertz CT molecular complexity index is 974. The molecule has 0 aromatic heterocycles. The molecule has 5 nitrogen and oxygen atoms in total. The Hall–Kier alpha value is -3.18. The van der Waals surface area contributed by atoms with Gasteiger partial charge in [-0.3, -0.25) is 4.79 Å². The summed E-state index contributed by atoms with van der Waals surface area (Å²) in [6.07, 6.45) is 0. The number of carbonyl (C=O) groups excluding carboxylic acids is 1. The van der Waals surface area contributed by atoms with Gasteiger partial charge in [0.05, 0.1) is 10.7 Å². The molecule has 4 rings (SSSR count). The molecule has 1 aliphatic rings. The van der Waals surface area contributed by atoms with Gasteiger partial charge >= 0.3 is 0 Å².